The van der Waals surface area contributed by atoms with Crippen LogP contribution in [-0.2, 0) is 11.3 Å². The third-order valence-corrected chi connectivity index (χ3v) is 3.77. The number of hydrogen-bond acceptors (Lipinski definition) is 4. The molecule has 1 aromatic rings. The molecule has 0 spiro atoms. The molecule has 27 heavy (non-hydrogen) atoms. The van der Waals surface area contributed by atoms with Gasteiger partial charge in [-0.05, 0) is 13.0 Å². The van der Waals surface area contributed by atoms with Gasteiger partial charge in [0.25, 0.3) is 0 Å². The van der Waals surface area contributed by atoms with Crippen molar-refractivity contribution >= 4 is 29.9 Å². The van der Waals surface area contributed by atoms with E-state index >= 15 is 0 Å². The normalized spacial score (nSPS) is 15.8. The first-order valence-electron chi connectivity index (χ1n) is 8.64. The van der Waals surface area contributed by atoms with Crippen molar-refractivity contribution < 1.29 is 22.6 Å². The zero-order valence-corrected chi connectivity index (χ0v) is 17.5. The van der Waals surface area contributed by atoms with Gasteiger partial charge in [0.05, 0.1) is 19.8 Å². The van der Waals surface area contributed by atoms with E-state index in [0.29, 0.717) is 24.6 Å². The molecule has 0 amide bonds. The van der Waals surface area contributed by atoms with E-state index in [-0.39, 0.29) is 36.3 Å². The second kappa shape index (κ2) is 12.2. The van der Waals surface area contributed by atoms with Crippen molar-refractivity contribution in [3.05, 3.63) is 29.8 Å². The molecule has 0 unspecified atom stereocenters. The molecule has 0 bridgehead atoms. The monoisotopic (exact) mass is 502 g/mol. The quantitative estimate of drug-likeness (QED) is 0.341. The van der Waals surface area contributed by atoms with Crippen molar-refractivity contribution in [2.24, 2.45) is 4.99 Å². The van der Waals surface area contributed by atoms with Crippen LogP contribution in [0.3, 0.4) is 0 Å². The van der Waals surface area contributed by atoms with E-state index < -0.39 is 6.36 Å². The summed E-state index contributed by atoms with van der Waals surface area (Å²) in [4.78, 5) is 6.65. The fourth-order valence-electron chi connectivity index (χ4n) is 2.52. The Morgan fingerprint density at radius 1 is 1.22 bits per heavy atom. The molecule has 154 valence electrons. The summed E-state index contributed by atoms with van der Waals surface area (Å²) in [5, 5.41) is 6.29. The average Bonchev–Trinajstić information content (AvgIpc) is 2.60. The molecule has 0 aromatic heterocycles. The van der Waals surface area contributed by atoms with Gasteiger partial charge in [-0.15, -0.1) is 37.1 Å². The summed E-state index contributed by atoms with van der Waals surface area (Å²) in [6.45, 7) is 7.49. The zero-order valence-electron chi connectivity index (χ0n) is 15.2. The summed E-state index contributed by atoms with van der Waals surface area (Å²) in [6.07, 6.45) is -4.72. The van der Waals surface area contributed by atoms with E-state index in [2.05, 4.69) is 25.3 Å². The van der Waals surface area contributed by atoms with Gasteiger partial charge in [0, 0.05) is 38.3 Å². The van der Waals surface area contributed by atoms with Crippen molar-refractivity contribution in [3.63, 3.8) is 0 Å². The molecular formula is C17H26F3IN4O2. The van der Waals surface area contributed by atoms with Crippen molar-refractivity contribution in [3.8, 4) is 5.75 Å². The highest BCUT2D eigenvalue weighted by atomic mass is 127. The molecule has 1 aliphatic rings. The molecule has 10 heteroatoms. The SMILES string of the molecule is CCNC(=NCc1ccccc1OC(F)(F)F)NCCN1CCOCC1.I. The Labute approximate surface area is 174 Å². The van der Waals surface area contributed by atoms with Crippen molar-refractivity contribution in [2.75, 3.05) is 45.9 Å². The minimum atomic E-state index is -4.72. The summed E-state index contributed by atoms with van der Waals surface area (Å²) in [5.74, 6) is 0.329. The van der Waals surface area contributed by atoms with E-state index in [1.807, 2.05) is 6.92 Å². The van der Waals surface area contributed by atoms with Crippen LogP contribution >= 0.6 is 24.0 Å². The Balaban J connectivity index is 0.00000364. The van der Waals surface area contributed by atoms with Crippen LogP contribution < -0.4 is 15.4 Å². The van der Waals surface area contributed by atoms with Gasteiger partial charge in [-0.1, -0.05) is 18.2 Å². The van der Waals surface area contributed by atoms with Gasteiger partial charge in [-0.2, -0.15) is 0 Å². The van der Waals surface area contributed by atoms with Crippen molar-refractivity contribution in [1.29, 1.82) is 0 Å². The maximum absolute atomic E-state index is 12.5. The van der Waals surface area contributed by atoms with Gasteiger partial charge in [0.15, 0.2) is 5.96 Å². The summed E-state index contributed by atoms with van der Waals surface area (Å²) in [7, 11) is 0. The number of guanidine groups is 1. The number of para-hydroxylation sites is 1. The molecule has 1 fully saturated rings. The van der Waals surface area contributed by atoms with Gasteiger partial charge in [-0.3, -0.25) is 4.90 Å². The van der Waals surface area contributed by atoms with Gasteiger partial charge in [-0.25, -0.2) is 4.99 Å². The smallest absolute Gasteiger partial charge is 0.405 e. The van der Waals surface area contributed by atoms with Crippen LogP contribution in [0.1, 0.15) is 12.5 Å². The lowest BCUT2D eigenvalue weighted by molar-refractivity contribution is -0.274. The van der Waals surface area contributed by atoms with E-state index in [4.69, 9.17) is 4.74 Å². The first-order valence-corrected chi connectivity index (χ1v) is 8.64. The molecule has 1 aliphatic heterocycles. The van der Waals surface area contributed by atoms with Crippen LogP contribution in [0.5, 0.6) is 5.75 Å². The minimum absolute atomic E-state index is 0. The highest BCUT2D eigenvalue weighted by molar-refractivity contribution is 14.0. The Kier molecular flexibility index (Phi) is 10.8. The summed E-state index contributed by atoms with van der Waals surface area (Å²) in [6, 6.07) is 6.02. The van der Waals surface area contributed by atoms with E-state index in [1.165, 1.54) is 12.1 Å². The Morgan fingerprint density at radius 2 is 1.93 bits per heavy atom. The lowest BCUT2D eigenvalue weighted by Crippen LogP contribution is -2.44. The molecule has 2 rings (SSSR count). The number of morpholine rings is 1. The number of benzene rings is 1. The number of rotatable bonds is 7. The summed E-state index contributed by atoms with van der Waals surface area (Å²) < 4.78 is 46.8. The van der Waals surface area contributed by atoms with Crippen LogP contribution in [0.15, 0.2) is 29.3 Å². The van der Waals surface area contributed by atoms with Crippen molar-refractivity contribution in [1.82, 2.24) is 15.5 Å². The standard InChI is InChI=1S/C17H25F3N4O2.HI/c1-2-21-16(22-7-8-24-9-11-25-12-10-24)23-13-14-5-3-4-6-15(14)26-17(18,19)20;/h3-6H,2,7-13H2,1H3,(H2,21,22,23);1H. The fourth-order valence-corrected chi connectivity index (χ4v) is 2.52. The number of aliphatic imine (C=N–C) groups is 1. The van der Waals surface area contributed by atoms with Gasteiger partial charge < -0.3 is 20.1 Å². The molecule has 1 aromatic carbocycles. The number of hydrogen-bond donors (Lipinski definition) is 2. The predicted octanol–water partition coefficient (Wildman–Crippen LogP) is 2.59. The van der Waals surface area contributed by atoms with E-state index in [0.717, 1.165) is 32.8 Å². The summed E-state index contributed by atoms with van der Waals surface area (Å²) in [5.41, 5.74) is 0.371. The molecule has 0 radical (unpaired) electrons. The number of halogens is 4. The van der Waals surface area contributed by atoms with Crippen LogP contribution in [0.2, 0.25) is 0 Å². The van der Waals surface area contributed by atoms with E-state index in [1.54, 1.807) is 12.1 Å². The summed E-state index contributed by atoms with van der Waals surface area (Å²) >= 11 is 0. The lowest BCUT2D eigenvalue weighted by atomic mass is 10.2. The first kappa shape index (κ1) is 23.8. The Bertz CT molecular complexity index is 582. The van der Waals surface area contributed by atoms with Gasteiger partial charge in [0.2, 0.25) is 0 Å². The largest absolute Gasteiger partial charge is 0.573 e. The van der Waals surface area contributed by atoms with Crippen molar-refractivity contribution in [2.45, 2.75) is 19.8 Å². The average molecular weight is 502 g/mol. The first-order chi connectivity index (χ1) is 12.5. The third-order valence-electron chi connectivity index (χ3n) is 3.77. The molecule has 0 atom stereocenters. The number of nitrogens with one attached hydrogen (secondary N) is 2. The molecule has 0 aliphatic carbocycles. The van der Waals surface area contributed by atoms with Crippen LogP contribution in [-0.4, -0.2) is 63.2 Å². The van der Waals surface area contributed by atoms with Gasteiger partial charge in [0.1, 0.15) is 5.75 Å². The van der Waals surface area contributed by atoms with Gasteiger partial charge >= 0.3 is 6.36 Å². The maximum Gasteiger partial charge on any atom is 0.573 e. The Hall–Kier alpha value is -1.27. The van der Waals surface area contributed by atoms with Crippen LogP contribution in [0, 0.1) is 0 Å². The highest BCUT2D eigenvalue weighted by Gasteiger charge is 2.31. The number of alkyl halides is 3. The molecule has 2 N–H and O–H groups in total. The van der Waals surface area contributed by atoms with Crippen LogP contribution in [0.25, 0.3) is 0 Å². The molecule has 6 nitrogen and oxygen atoms in total. The second-order valence-corrected chi connectivity index (χ2v) is 5.73. The fraction of sp³-hybridized carbons (Fsp3) is 0.588. The lowest BCUT2D eigenvalue weighted by Gasteiger charge is -2.26. The van der Waals surface area contributed by atoms with E-state index in [9.17, 15) is 13.2 Å². The third kappa shape index (κ3) is 9.47. The molecular weight excluding hydrogens is 476 g/mol. The Morgan fingerprint density at radius 3 is 2.59 bits per heavy atom. The molecule has 1 heterocycles. The maximum atomic E-state index is 12.5. The second-order valence-electron chi connectivity index (χ2n) is 5.73. The minimum Gasteiger partial charge on any atom is -0.405 e. The zero-order chi connectivity index (χ0) is 18.8. The topological polar surface area (TPSA) is 58.1 Å². The van der Waals surface area contributed by atoms with Crippen LogP contribution in [0.4, 0.5) is 13.2 Å². The predicted molar refractivity (Wildman–Crippen MR) is 109 cm³/mol. The molecule has 0 saturated carbocycles. The molecule has 1 saturated heterocycles. The highest BCUT2D eigenvalue weighted by Crippen LogP contribution is 2.26. The number of ether oxygens (including phenoxy) is 2. The number of nitrogens with zero attached hydrogens (tertiary/aromatic N) is 2.